The molecule has 160 valence electrons. The molecule has 4 bridgehead atoms. The second kappa shape index (κ2) is 5.49. The highest BCUT2D eigenvalue weighted by molar-refractivity contribution is 6.05. The fourth-order valence-corrected chi connectivity index (χ4v) is 8.24. The number of carbonyl (C=O) groups excluding carboxylic acids is 2. The summed E-state index contributed by atoms with van der Waals surface area (Å²) in [6, 6.07) is 0. The minimum absolute atomic E-state index is 0.0795. The lowest BCUT2D eigenvalue weighted by Gasteiger charge is -2.74. The highest BCUT2D eigenvalue weighted by Gasteiger charge is 2.87. The maximum absolute atomic E-state index is 13.5. The summed E-state index contributed by atoms with van der Waals surface area (Å²) in [5.74, 6) is -4.38. The van der Waals surface area contributed by atoms with Crippen LogP contribution in [0.3, 0.4) is 0 Å². The summed E-state index contributed by atoms with van der Waals surface area (Å²) in [6.45, 7) is 9.43. The highest BCUT2D eigenvalue weighted by Crippen LogP contribution is 2.76. The van der Waals surface area contributed by atoms with Crippen molar-refractivity contribution in [2.45, 2.75) is 70.6 Å². The Morgan fingerprint density at radius 1 is 1.21 bits per heavy atom. The zero-order valence-corrected chi connectivity index (χ0v) is 17.2. The van der Waals surface area contributed by atoms with Crippen LogP contribution in [-0.4, -0.2) is 57.8 Å². The van der Waals surface area contributed by atoms with Gasteiger partial charge in [0.15, 0.2) is 5.78 Å². The summed E-state index contributed by atoms with van der Waals surface area (Å²) in [4.78, 5) is 25.5. The molecule has 9 atom stereocenters. The van der Waals surface area contributed by atoms with E-state index in [2.05, 4.69) is 6.58 Å². The highest BCUT2D eigenvalue weighted by atomic mass is 16.6. The molecule has 0 amide bonds. The van der Waals surface area contributed by atoms with Crippen molar-refractivity contribution in [2.24, 2.45) is 34.0 Å². The molecule has 6 aliphatic rings. The summed E-state index contributed by atoms with van der Waals surface area (Å²) in [5.41, 5.74) is -2.60. The van der Waals surface area contributed by atoms with Gasteiger partial charge in [0, 0.05) is 24.2 Å². The number of esters is 1. The fourth-order valence-electron chi connectivity index (χ4n) is 8.24. The van der Waals surface area contributed by atoms with Crippen LogP contribution < -0.4 is 0 Å². The molecule has 2 saturated heterocycles. The Hall–Kier alpha value is -1.28. The topological polar surface area (TPSA) is 113 Å². The number of ether oxygens (including phenoxy) is 2. The number of fused-ring (bicyclic) bond motifs is 2. The van der Waals surface area contributed by atoms with Crippen molar-refractivity contribution in [1.29, 1.82) is 0 Å². The summed E-state index contributed by atoms with van der Waals surface area (Å²) < 4.78 is 11.7. The van der Waals surface area contributed by atoms with Crippen LogP contribution in [0.25, 0.3) is 0 Å². The molecular weight excluding hydrogens is 376 g/mol. The number of hydrogen-bond acceptors (Lipinski definition) is 7. The van der Waals surface area contributed by atoms with E-state index in [0.29, 0.717) is 31.3 Å². The van der Waals surface area contributed by atoms with Crippen LogP contribution in [0.5, 0.6) is 0 Å². The Morgan fingerprint density at radius 3 is 2.55 bits per heavy atom. The maximum Gasteiger partial charge on any atom is 0.302 e. The molecule has 7 nitrogen and oxygen atoms in total. The number of carbonyl (C=O) groups is 2. The van der Waals surface area contributed by atoms with Gasteiger partial charge < -0.3 is 24.8 Å². The summed E-state index contributed by atoms with van der Waals surface area (Å²) in [5, 5.41) is 34.5. The molecule has 6 rings (SSSR count). The molecule has 2 aliphatic heterocycles. The van der Waals surface area contributed by atoms with E-state index in [-0.39, 0.29) is 12.0 Å². The van der Waals surface area contributed by atoms with E-state index in [1.807, 2.05) is 13.8 Å². The van der Waals surface area contributed by atoms with Gasteiger partial charge in [0.05, 0.1) is 12.7 Å². The number of ketones is 1. The van der Waals surface area contributed by atoms with Crippen molar-refractivity contribution in [3.05, 3.63) is 12.2 Å². The van der Waals surface area contributed by atoms with Gasteiger partial charge in [-0.2, -0.15) is 0 Å². The van der Waals surface area contributed by atoms with E-state index in [9.17, 15) is 24.9 Å². The Morgan fingerprint density at radius 2 is 1.90 bits per heavy atom. The lowest BCUT2D eigenvalue weighted by atomic mass is 9.35. The predicted molar refractivity (Wildman–Crippen MR) is 100 cm³/mol. The maximum atomic E-state index is 13.5. The van der Waals surface area contributed by atoms with Crippen LogP contribution in [0.1, 0.15) is 46.5 Å². The fraction of sp³-hybridized carbons (Fsp3) is 0.818. The average molecular weight is 406 g/mol. The van der Waals surface area contributed by atoms with Crippen molar-refractivity contribution in [2.75, 3.05) is 6.61 Å². The van der Waals surface area contributed by atoms with E-state index >= 15 is 0 Å². The summed E-state index contributed by atoms with van der Waals surface area (Å²) in [7, 11) is 0. The number of rotatable bonds is 1. The standard InChI is InChI=1S/C22H30O7/c1-10-12-5-6-13-20-9-28-22(27,21(13,16(10)24)17(12)25)18(26)15(20)19(3,4)8-7-14(20)29-11(2)23/h12-15,17-18,25-27H,1,5-9H2,2-4H3/t12?,13-,14?,15+,17?,18?,20+,21-,22+/m0/s1. The Labute approximate surface area is 170 Å². The third-order valence-corrected chi connectivity index (χ3v) is 9.16. The van der Waals surface area contributed by atoms with Crippen LogP contribution >= 0.6 is 0 Å². The van der Waals surface area contributed by atoms with E-state index in [1.54, 1.807) is 0 Å². The molecular formula is C22H30O7. The molecule has 3 N–H and O–H groups in total. The van der Waals surface area contributed by atoms with Crippen molar-refractivity contribution >= 4 is 11.8 Å². The lowest BCUT2D eigenvalue weighted by Crippen LogP contribution is -2.85. The van der Waals surface area contributed by atoms with Crippen molar-refractivity contribution in [3.63, 3.8) is 0 Å². The lowest BCUT2D eigenvalue weighted by molar-refractivity contribution is -0.458. The third kappa shape index (κ3) is 1.86. The van der Waals surface area contributed by atoms with Crippen LogP contribution in [0.15, 0.2) is 12.2 Å². The first kappa shape index (κ1) is 19.7. The Kier molecular flexibility index (Phi) is 3.73. The van der Waals surface area contributed by atoms with Gasteiger partial charge in [0.25, 0.3) is 0 Å². The van der Waals surface area contributed by atoms with Crippen LogP contribution in [0, 0.1) is 34.0 Å². The molecule has 0 aromatic rings. The number of aliphatic hydroxyl groups excluding tert-OH is 2. The average Bonchev–Trinajstić information content (AvgIpc) is 2.74. The van der Waals surface area contributed by atoms with Gasteiger partial charge in [-0.15, -0.1) is 0 Å². The first-order valence-electron chi connectivity index (χ1n) is 10.6. The van der Waals surface area contributed by atoms with Crippen LogP contribution in [0.4, 0.5) is 0 Å². The predicted octanol–water partition coefficient (Wildman–Crippen LogP) is 0.946. The van der Waals surface area contributed by atoms with Gasteiger partial charge in [-0.3, -0.25) is 9.59 Å². The molecule has 0 aromatic heterocycles. The number of Topliss-reactive ketones (excluding diaryl/α,β-unsaturated/α-hetero) is 1. The van der Waals surface area contributed by atoms with E-state index in [1.165, 1.54) is 6.92 Å². The van der Waals surface area contributed by atoms with Crippen molar-refractivity contribution in [1.82, 2.24) is 0 Å². The van der Waals surface area contributed by atoms with Crippen LogP contribution in [-0.2, 0) is 19.1 Å². The molecule has 2 spiro atoms. The largest absolute Gasteiger partial charge is 0.462 e. The van der Waals surface area contributed by atoms with Gasteiger partial charge in [0.2, 0.25) is 5.79 Å². The molecule has 0 radical (unpaired) electrons. The van der Waals surface area contributed by atoms with Gasteiger partial charge in [-0.25, -0.2) is 0 Å². The quantitative estimate of drug-likeness (QED) is 0.439. The first-order valence-corrected chi connectivity index (χ1v) is 10.6. The molecule has 0 aromatic carbocycles. The van der Waals surface area contributed by atoms with Crippen molar-refractivity contribution < 1.29 is 34.4 Å². The van der Waals surface area contributed by atoms with E-state index < -0.39 is 64.4 Å². The smallest absolute Gasteiger partial charge is 0.302 e. The minimum atomic E-state index is -2.19. The van der Waals surface area contributed by atoms with Gasteiger partial charge >= 0.3 is 5.97 Å². The molecule has 4 aliphatic carbocycles. The Bertz CT molecular complexity index is 820. The summed E-state index contributed by atoms with van der Waals surface area (Å²) >= 11 is 0. The van der Waals surface area contributed by atoms with Crippen LogP contribution in [0.2, 0.25) is 0 Å². The molecule has 29 heavy (non-hydrogen) atoms. The summed E-state index contributed by atoms with van der Waals surface area (Å²) in [6.07, 6.45) is -0.674. The zero-order valence-electron chi connectivity index (χ0n) is 17.2. The van der Waals surface area contributed by atoms with Crippen molar-refractivity contribution in [3.8, 4) is 0 Å². The normalized spacial score (nSPS) is 54.7. The first-order chi connectivity index (χ1) is 13.5. The monoisotopic (exact) mass is 406 g/mol. The molecule has 2 heterocycles. The third-order valence-electron chi connectivity index (χ3n) is 9.16. The van der Waals surface area contributed by atoms with Gasteiger partial charge in [-0.1, -0.05) is 20.4 Å². The molecule has 6 fully saturated rings. The number of hydrogen-bond donors (Lipinski definition) is 3. The van der Waals surface area contributed by atoms with E-state index in [4.69, 9.17) is 9.47 Å². The van der Waals surface area contributed by atoms with Gasteiger partial charge in [-0.05, 0) is 42.6 Å². The SMILES string of the molecule is C=C1C(=O)[C@]23C(O)C1CC[C@H]2[C@@]12CO[C@]3(O)C(O)[C@@H]1C(C)(C)CCC2OC(C)=O. The zero-order chi connectivity index (χ0) is 21.1. The Balaban J connectivity index is 1.79. The molecule has 4 saturated carbocycles. The molecule has 7 heteroatoms. The minimum Gasteiger partial charge on any atom is -0.462 e. The van der Waals surface area contributed by atoms with Gasteiger partial charge in [0.1, 0.15) is 17.6 Å². The number of aliphatic hydroxyl groups is 3. The molecule has 4 unspecified atom stereocenters. The second-order valence-electron chi connectivity index (χ2n) is 10.5. The van der Waals surface area contributed by atoms with E-state index in [0.717, 1.165) is 0 Å². The second-order valence-corrected chi connectivity index (χ2v) is 10.5.